The fourth-order valence-electron chi connectivity index (χ4n) is 2.50. The SMILES string of the molecule is COC1CCCn2cc(-c3cccc(N)c3)nc21. The number of nitrogens with zero attached hydrogens (tertiary/aromatic N) is 2. The molecular weight excluding hydrogens is 226 g/mol. The lowest BCUT2D eigenvalue weighted by molar-refractivity contribution is 0.0720. The number of methoxy groups -OCH3 is 1. The second kappa shape index (κ2) is 4.46. The van der Waals surface area contributed by atoms with Crippen LogP contribution in [0.2, 0.25) is 0 Å². The van der Waals surface area contributed by atoms with Gasteiger partial charge < -0.3 is 15.0 Å². The highest BCUT2D eigenvalue weighted by molar-refractivity contribution is 5.63. The first-order chi connectivity index (χ1) is 8.78. The summed E-state index contributed by atoms with van der Waals surface area (Å²) in [6, 6.07) is 7.83. The highest BCUT2D eigenvalue weighted by atomic mass is 16.5. The van der Waals surface area contributed by atoms with Crippen LogP contribution in [-0.2, 0) is 11.3 Å². The third kappa shape index (κ3) is 1.88. The monoisotopic (exact) mass is 243 g/mol. The maximum atomic E-state index is 5.81. The van der Waals surface area contributed by atoms with E-state index in [1.54, 1.807) is 7.11 Å². The smallest absolute Gasteiger partial charge is 0.138 e. The lowest BCUT2D eigenvalue weighted by Gasteiger charge is -2.21. The molecular formula is C14H17N3O. The van der Waals surface area contributed by atoms with Gasteiger partial charge in [-0.3, -0.25) is 0 Å². The van der Waals surface area contributed by atoms with Crippen LogP contribution in [0.3, 0.4) is 0 Å². The molecule has 0 saturated heterocycles. The summed E-state index contributed by atoms with van der Waals surface area (Å²) in [7, 11) is 1.75. The molecule has 0 saturated carbocycles. The molecule has 1 aromatic carbocycles. The molecule has 1 atom stereocenters. The molecule has 2 heterocycles. The average molecular weight is 243 g/mol. The van der Waals surface area contributed by atoms with Crippen LogP contribution in [0.25, 0.3) is 11.3 Å². The van der Waals surface area contributed by atoms with E-state index in [0.29, 0.717) is 0 Å². The van der Waals surface area contributed by atoms with Gasteiger partial charge in [-0.15, -0.1) is 0 Å². The van der Waals surface area contributed by atoms with Crippen molar-refractivity contribution in [3.63, 3.8) is 0 Å². The predicted molar refractivity (Wildman–Crippen MR) is 71.1 cm³/mol. The second-order valence-corrected chi connectivity index (χ2v) is 4.67. The molecule has 0 spiro atoms. The van der Waals surface area contributed by atoms with E-state index in [4.69, 9.17) is 15.5 Å². The van der Waals surface area contributed by atoms with E-state index in [1.807, 2.05) is 24.3 Å². The van der Waals surface area contributed by atoms with Gasteiger partial charge >= 0.3 is 0 Å². The van der Waals surface area contributed by atoms with Crippen molar-refractivity contribution in [2.75, 3.05) is 12.8 Å². The molecule has 1 aliphatic heterocycles. The third-order valence-electron chi connectivity index (χ3n) is 3.43. The fraction of sp³-hybridized carbons (Fsp3) is 0.357. The van der Waals surface area contributed by atoms with Crippen LogP contribution in [0.1, 0.15) is 24.8 Å². The van der Waals surface area contributed by atoms with Gasteiger partial charge in [0.15, 0.2) is 0 Å². The molecule has 1 unspecified atom stereocenters. The van der Waals surface area contributed by atoms with E-state index in [-0.39, 0.29) is 6.10 Å². The average Bonchev–Trinajstić information content (AvgIpc) is 2.82. The van der Waals surface area contributed by atoms with Gasteiger partial charge in [0.05, 0.1) is 5.69 Å². The Bertz CT molecular complexity index is 562. The molecule has 0 aliphatic carbocycles. The molecule has 1 aliphatic rings. The number of rotatable bonds is 2. The quantitative estimate of drug-likeness (QED) is 0.825. The predicted octanol–water partition coefficient (Wildman–Crippen LogP) is 2.61. The van der Waals surface area contributed by atoms with Crippen molar-refractivity contribution >= 4 is 5.69 Å². The van der Waals surface area contributed by atoms with Crippen molar-refractivity contribution in [1.82, 2.24) is 9.55 Å². The summed E-state index contributed by atoms with van der Waals surface area (Å²) in [5.41, 5.74) is 8.61. The number of aryl methyl sites for hydroxylation is 1. The molecule has 18 heavy (non-hydrogen) atoms. The van der Waals surface area contributed by atoms with Crippen LogP contribution < -0.4 is 5.73 Å². The minimum Gasteiger partial charge on any atom is -0.399 e. The minimum absolute atomic E-state index is 0.119. The number of benzene rings is 1. The molecule has 1 aromatic heterocycles. The molecule has 0 fully saturated rings. The van der Waals surface area contributed by atoms with Crippen LogP contribution >= 0.6 is 0 Å². The molecule has 0 amide bonds. The van der Waals surface area contributed by atoms with E-state index < -0.39 is 0 Å². The summed E-state index contributed by atoms with van der Waals surface area (Å²) in [6.45, 7) is 1.02. The van der Waals surface area contributed by atoms with Crippen molar-refractivity contribution in [1.29, 1.82) is 0 Å². The van der Waals surface area contributed by atoms with E-state index in [1.165, 1.54) is 0 Å². The first-order valence-electron chi connectivity index (χ1n) is 6.23. The van der Waals surface area contributed by atoms with Gasteiger partial charge in [-0.05, 0) is 25.0 Å². The van der Waals surface area contributed by atoms with Gasteiger partial charge in [0, 0.05) is 31.1 Å². The summed E-state index contributed by atoms with van der Waals surface area (Å²) in [5.74, 6) is 1.03. The summed E-state index contributed by atoms with van der Waals surface area (Å²) in [6.07, 6.45) is 4.39. The second-order valence-electron chi connectivity index (χ2n) is 4.67. The van der Waals surface area contributed by atoms with Gasteiger partial charge in [-0.25, -0.2) is 4.98 Å². The molecule has 4 nitrogen and oxygen atoms in total. The largest absolute Gasteiger partial charge is 0.399 e. The first kappa shape index (κ1) is 11.3. The number of imidazole rings is 1. The van der Waals surface area contributed by atoms with Crippen LogP contribution in [0, 0.1) is 0 Å². The summed E-state index contributed by atoms with van der Waals surface area (Å²) < 4.78 is 7.67. The number of hydrogen-bond donors (Lipinski definition) is 1. The number of nitrogens with two attached hydrogens (primary N) is 1. The van der Waals surface area contributed by atoms with Crippen molar-refractivity contribution in [2.45, 2.75) is 25.5 Å². The van der Waals surface area contributed by atoms with Gasteiger partial charge in [0.1, 0.15) is 11.9 Å². The zero-order valence-electron chi connectivity index (χ0n) is 10.5. The van der Waals surface area contributed by atoms with E-state index in [9.17, 15) is 0 Å². The highest BCUT2D eigenvalue weighted by Crippen LogP contribution is 2.30. The lowest BCUT2D eigenvalue weighted by Crippen LogP contribution is -2.16. The normalized spacial score (nSPS) is 18.6. The Morgan fingerprint density at radius 1 is 1.44 bits per heavy atom. The van der Waals surface area contributed by atoms with Gasteiger partial charge in [0.2, 0.25) is 0 Å². The molecule has 3 rings (SSSR count). The van der Waals surface area contributed by atoms with Gasteiger partial charge in [0.25, 0.3) is 0 Å². The van der Waals surface area contributed by atoms with Gasteiger partial charge in [-0.2, -0.15) is 0 Å². The number of hydrogen-bond acceptors (Lipinski definition) is 3. The van der Waals surface area contributed by atoms with Crippen LogP contribution in [0.15, 0.2) is 30.5 Å². The first-order valence-corrected chi connectivity index (χ1v) is 6.23. The van der Waals surface area contributed by atoms with Crippen molar-refractivity contribution in [3.05, 3.63) is 36.3 Å². The van der Waals surface area contributed by atoms with E-state index >= 15 is 0 Å². The Kier molecular flexibility index (Phi) is 2.80. The zero-order valence-corrected chi connectivity index (χ0v) is 10.5. The molecule has 4 heteroatoms. The third-order valence-corrected chi connectivity index (χ3v) is 3.43. The standard InChI is InChI=1S/C14H17N3O/c1-18-13-6-3-7-17-9-12(16-14(13)17)10-4-2-5-11(15)8-10/h2,4-5,8-9,13H,3,6-7,15H2,1H3. The molecule has 0 radical (unpaired) electrons. The number of anilines is 1. The topological polar surface area (TPSA) is 53.1 Å². The lowest BCUT2D eigenvalue weighted by atomic mass is 10.1. The Morgan fingerprint density at radius 2 is 2.33 bits per heavy atom. The molecule has 2 N–H and O–H groups in total. The van der Waals surface area contributed by atoms with Crippen LogP contribution in [0.4, 0.5) is 5.69 Å². The van der Waals surface area contributed by atoms with E-state index in [0.717, 1.165) is 42.2 Å². The maximum absolute atomic E-state index is 5.81. The fourth-order valence-corrected chi connectivity index (χ4v) is 2.50. The molecule has 94 valence electrons. The number of fused-ring (bicyclic) bond motifs is 1. The van der Waals surface area contributed by atoms with Gasteiger partial charge in [-0.1, -0.05) is 12.1 Å². The van der Waals surface area contributed by atoms with Crippen LogP contribution in [0.5, 0.6) is 0 Å². The van der Waals surface area contributed by atoms with E-state index in [2.05, 4.69) is 10.8 Å². The summed E-state index contributed by atoms with van der Waals surface area (Å²) in [5, 5.41) is 0. The van der Waals surface area contributed by atoms with Crippen LogP contribution in [-0.4, -0.2) is 16.7 Å². The molecule has 0 bridgehead atoms. The molecule has 2 aromatic rings. The number of aromatic nitrogens is 2. The maximum Gasteiger partial charge on any atom is 0.138 e. The Labute approximate surface area is 106 Å². The van der Waals surface area contributed by atoms with Crippen molar-refractivity contribution < 1.29 is 4.74 Å². The zero-order chi connectivity index (χ0) is 12.5. The summed E-state index contributed by atoms with van der Waals surface area (Å²) >= 11 is 0. The number of ether oxygens (including phenoxy) is 1. The Morgan fingerprint density at radius 3 is 3.11 bits per heavy atom. The Balaban J connectivity index is 2.02. The number of nitrogen functional groups attached to an aromatic ring is 1. The Hall–Kier alpha value is -1.81. The van der Waals surface area contributed by atoms with Crippen molar-refractivity contribution in [3.8, 4) is 11.3 Å². The summed E-state index contributed by atoms with van der Waals surface area (Å²) in [4.78, 5) is 4.70. The highest BCUT2D eigenvalue weighted by Gasteiger charge is 2.22. The van der Waals surface area contributed by atoms with Crippen molar-refractivity contribution in [2.24, 2.45) is 0 Å². The minimum atomic E-state index is 0.119.